The number of carbonyl (C=O) groups excluding carboxylic acids is 3. The Hall–Kier alpha value is -3.24. The van der Waals surface area contributed by atoms with Gasteiger partial charge in [0.2, 0.25) is 18.2 Å². The molecule has 2 aromatic rings. The van der Waals surface area contributed by atoms with Crippen LogP contribution in [0.25, 0.3) is 0 Å². The molecule has 192 valence electrons. The van der Waals surface area contributed by atoms with Crippen LogP contribution < -0.4 is 16.4 Å². The second kappa shape index (κ2) is 13.6. The fourth-order valence-corrected chi connectivity index (χ4v) is 3.51. The second-order valence-corrected chi connectivity index (χ2v) is 9.37. The van der Waals surface area contributed by atoms with Crippen molar-refractivity contribution in [2.24, 2.45) is 5.73 Å². The summed E-state index contributed by atoms with van der Waals surface area (Å²) in [6.45, 7) is 9.46. The summed E-state index contributed by atoms with van der Waals surface area (Å²) >= 11 is 0. The Bertz CT molecular complexity index is 941. The maximum absolute atomic E-state index is 12.0. The number of nitrogens with two attached hydrogens (primary N) is 1. The lowest BCUT2D eigenvalue weighted by atomic mass is 10.1. The average molecular weight is 487 g/mol. The van der Waals surface area contributed by atoms with E-state index in [1.165, 1.54) is 0 Å². The molecule has 35 heavy (non-hydrogen) atoms. The zero-order chi connectivity index (χ0) is 25.8. The maximum atomic E-state index is 12.0. The maximum Gasteiger partial charge on any atom is 0.242 e. The predicted octanol–water partition coefficient (Wildman–Crippen LogP) is 1.91. The SMILES string of the molecule is C[C@@H](COCc1ccccc1)NC(=O)C(C)(C)N.C[C@@H]1CCCN1C(=O)Cn1cnc(NC=O)c1. The number of hydrogen-bond acceptors (Lipinski definition) is 6. The molecular formula is C25H38N6O4. The van der Waals surface area contributed by atoms with Gasteiger partial charge >= 0.3 is 0 Å². The third-order valence-electron chi connectivity index (χ3n) is 5.47. The van der Waals surface area contributed by atoms with Gasteiger partial charge in [0.25, 0.3) is 0 Å². The highest BCUT2D eigenvalue weighted by Crippen LogP contribution is 2.17. The molecule has 0 radical (unpaired) electrons. The van der Waals surface area contributed by atoms with Crippen molar-refractivity contribution in [2.45, 2.75) is 71.3 Å². The van der Waals surface area contributed by atoms with Gasteiger partial charge in [0.05, 0.1) is 25.1 Å². The van der Waals surface area contributed by atoms with Gasteiger partial charge in [-0.25, -0.2) is 4.98 Å². The average Bonchev–Trinajstić information content (AvgIpc) is 3.43. The summed E-state index contributed by atoms with van der Waals surface area (Å²) in [5, 5.41) is 5.26. The van der Waals surface area contributed by atoms with E-state index in [1.807, 2.05) is 42.2 Å². The summed E-state index contributed by atoms with van der Waals surface area (Å²) in [5.41, 5.74) is 5.96. The minimum Gasteiger partial charge on any atom is -0.375 e. The van der Waals surface area contributed by atoms with E-state index in [0.29, 0.717) is 31.5 Å². The minimum absolute atomic E-state index is 0.0518. The van der Waals surface area contributed by atoms with Crippen molar-refractivity contribution < 1.29 is 19.1 Å². The number of likely N-dealkylation sites (tertiary alicyclic amines) is 1. The first kappa shape index (κ1) is 28.0. The van der Waals surface area contributed by atoms with E-state index < -0.39 is 5.54 Å². The topological polar surface area (TPSA) is 132 Å². The smallest absolute Gasteiger partial charge is 0.242 e. The summed E-state index contributed by atoms with van der Waals surface area (Å²) < 4.78 is 7.22. The Morgan fingerprint density at radius 3 is 2.63 bits per heavy atom. The first-order chi connectivity index (χ1) is 16.6. The van der Waals surface area contributed by atoms with Crippen LogP contribution in [0.15, 0.2) is 42.9 Å². The third-order valence-corrected chi connectivity index (χ3v) is 5.47. The monoisotopic (exact) mass is 486 g/mol. The first-order valence-corrected chi connectivity index (χ1v) is 11.8. The molecule has 3 rings (SSSR count). The predicted molar refractivity (Wildman–Crippen MR) is 134 cm³/mol. The van der Waals surface area contributed by atoms with E-state index in [0.717, 1.165) is 24.9 Å². The van der Waals surface area contributed by atoms with Crippen molar-refractivity contribution >= 4 is 24.0 Å². The summed E-state index contributed by atoms with van der Waals surface area (Å²) in [7, 11) is 0. The zero-order valence-corrected chi connectivity index (χ0v) is 21.1. The number of carbonyl (C=O) groups is 3. The molecule has 2 heterocycles. The van der Waals surface area contributed by atoms with Crippen LogP contribution in [-0.4, -0.2) is 63.4 Å². The molecule has 0 saturated carbocycles. The van der Waals surface area contributed by atoms with Crippen molar-refractivity contribution in [3.8, 4) is 0 Å². The van der Waals surface area contributed by atoms with Crippen LogP contribution in [0.3, 0.4) is 0 Å². The van der Waals surface area contributed by atoms with E-state index in [4.69, 9.17) is 10.5 Å². The first-order valence-electron chi connectivity index (χ1n) is 11.8. The van der Waals surface area contributed by atoms with Gasteiger partial charge in [-0.1, -0.05) is 30.3 Å². The van der Waals surface area contributed by atoms with E-state index in [2.05, 4.69) is 22.5 Å². The number of benzene rings is 1. The Labute approximate surface area is 207 Å². The molecule has 10 nitrogen and oxygen atoms in total. The molecule has 1 aromatic carbocycles. The Kier molecular flexibility index (Phi) is 10.9. The van der Waals surface area contributed by atoms with Crippen molar-refractivity contribution in [3.05, 3.63) is 48.4 Å². The Morgan fingerprint density at radius 2 is 2.03 bits per heavy atom. The molecule has 1 aliphatic heterocycles. The van der Waals surface area contributed by atoms with Crippen LogP contribution in [-0.2, 0) is 32.3 Å². The molecule has 1 fully saturated rings. The van der Waals surface area contributed by atoms with Gasteiger partial charge in [-0.3, -0.25) is 14.4 Å². The number of rotatable bonds is 10. The molecule has 0 spiro atoms. The highest BCUT2D eigenvalue weighted by molar-refractivity contribution is 5.85. The van der Waals surface area contributed by atoms with Crippen LogP contribution in [0.5, 0.6) is 0 Å². The molecule has 1 aliphatic rings. The van der Waals surface area contributed by atoms with E-state index >= 15 is 0 Å². The fraction of sp³-hybridized carbons (Fsp3) is 0.520. The molecular weight excluding hydrogens is 448 g/mol. The van der Waals surface area contributed by atoms with Gasteiger partial charge in [-0.2, -0.15) is 0 Å². The van der Waals surface area contributed by atoms with Gasteiger partial charge in [-0.15, -0.1) is 0 Å². The van der Waals surface area contributed by atoms with E-state index in [1.54, 1.807) is 30.9 Å². The standard InChI is InChI=1S/C14H22N2O2.C11H16N4O2/c1-11(16-13(17)14(2,3)15)9-18-10-12-7-5-4-6-8-12;1-9-3-2-4-15(9)11(17)6-14-5-10(12-7-14)13-8-16/h4-8,11H,9-10,15H2,1-3H3,(H,16,17);5,7-9H,2-4,6H2,1H3,(H,13,16)/t11-;9-/m01/s1. The number of amides is 3. The van der Waals surface area contributed by atoms with Gasteiger partial charge < -0.3 is 30.6 Å². The molecule has 1 aromatic heterocycles. The van der Waals surface area contributed by atoms with Crippen molar-refractivity contribution in [1.29, 1.82) is 0 Å². The molecule has 10 heteroatoms. The van der Waals surface area contributed by atoms with Crippen molar-refractivity contribution in [2.75, 3.05) is 18.5 Å². The molecule has 4 N–H and O–H groups in total. The minimum atomic E-state index is -0.853. The molecule has 2 atom stereocenters. The van der Waals surface area contributed by atoms with Gasteiger partial charge in [0.15, 0.2) is 5.82 Å². The lowest BCUT2D eigenvalue weighted by Gasteiger charge is -2.21. The van der Waals surface area contributed by atoms with Gasteiger partial charge in [-0.05, 0) is 46.1 Å². The zero-order valence-electron chi connectivity index (χ0n) is 21.1. The second-order valence-electron chi connectivity index (χ2n) is 9.37. The van der Waals surface area contributed by atoms with Crippen LogP contribution in [0.1, 0.15) is 46.1 Å². The fourth-order valence-electron chi connectivity index (χ4n) is 3.51. The molecule has 0 bridgehead atoms. The van der Waals surface area contributed by atoms with Gasteiger partial charge in [0.1, 0.15) is 6.54 Å². The van der Waals surface area contributed by atoms with Crippen molar-refractivity contribution in [3.63, 3.8) is 0 Å². The number of ether oxygens (including phenoxy) is 1. The van der Waals surface area contributed by atoms with E-state index in [-0.39, 0.29) is 24.4 Å². The van der Waals surface area contributed by atoms with Crippen LogP contribution >= 0.6 is 0 Å². The Balaban J connectivity index is 0.000000247. The number of nitrogens with one attached hydrogen (secondary N) is 2. The lowest BCUT2D eigenvalue weighted by molar-refractivity contribution is -0.132. The molecule has 0 aliphatic carbocycles. The highest BCUT2D eigenvalue weighted by atomic mass is 16.5. The van der Waals surface area contributed by atoms with Crippen molar-refractivity contribution in [1.82, 2.24) is 19.8 Å². The largest absolute Gasteiger partial charge is 0.375 e. The van der Waals surface area contributed by atoms with E-state index in [9.17, 15) is 14.4 Å². The lowest BCUT2D eigenvalue weighted by Crippen LogP contribution is -2.52. The number of aromatic nitrogens is 2. The van der Waals surface area contributed by atoms with Crippen LogP contribution in [0.4, 0.5) is 5.82 Å². The quantitative estimate of drug-likeness (QED) is 0.440. The molecule has 1 saturated heterocycles. The summed E-state index contributed by atoms with van der Waals surface area (Å²) in [6.07, 6.45) is 5.91. The molecule has 3 amide bonds. The van der Waals surface area contributed by atoms with Gasteiger partial charge in [0, 0.05) is 24.8 Å². The summed E-state index contributed by atoms with van der Waals surface area (Å²) in [4.78, 5) is 39.7. The normalized spacial score (nSPS) is 16.1. The number of hydrogen-bond donors (Lipinski definition) is 3. The third kappa shape index (κ3) is 9.87. The van der Waals surface area contributed by atoms with Crippen LogP contribution in [0.2, 0.25) is 0 Å². The molecule has 0 unspecified atom stereocenters. The number of nitrogens with zero attached hydrogens (tertiary/aromatic N) is 3. The summed E-state index contributed by atoms with van der Waals surface area (Å²) in [5.74, 6) is 0.394. The summed E-state index contributed by atoms with van der Waals surface area (Å²) in [6, 6.07) is 10.2. The number of anilines is 1. The number of imidazole rings is 1. The Morgan fingerprint density at radius 1 is 1.31 bits per heavy atom. The van der Waals surface area contributed by atoms with Crippen LogP contribution in [0, 0.1) is 0 Å². The highest BCUT2D eigenvalue weighted by Gasteiger charge is 2.25.